The number of benzene rings is 1. The minimum absolute atomic E-state index is 0.140. The largest absolute Gasteiger partial charge is 0.465 e. The lowest BCUT2D eigenvalue weighted by molar-refractivity contribution is -0.144. The van der Waals surface area contributed by atoms with Crippen LogP contribution >= 0.6 is 0 Å². The normalized spacial score (nSPS) is 12.0. The van der Waals surface area contributed by atoms with Crippen molar-refractivity contribution in [1.82, 2.24) is 4.90 Å². The Kier molecular flexibility index (Phi) is 6.15. The number of nitrogens with zero attached hydrogens (tertiary/aromatic N) is 1. The van der Waals surface area contributed by atoms with Crippen LogP contribution in [0.3, 0.4) is 0 Å². The van der Waals surface area contributed by atoms with Crippen LogP contribution in [-0.4, -0.2) is 35.2 Å². The van der Waals surface area contributed by atoms with Crippen molar-refractivity contribution in [2.24, 2.45) is 5.92 Å². The zero-order valence-electron chi connectivity index (χ0n) is 12.9. The summed E-state index contributed by atoms with van der Waals surface area (Å²) in [5, 5.41) is 9.40. The predicted octanol–water partition coefficient (Wildman–Crippen LogP) is 2.65. The Morgan fingerprint density at radius 1 is 1.41 bits per heavy atom. The van der Waals surface area contributed by atoms with Crippen LogP contribution < -0.4 is 5.73 Å². The van der Waals surface area contributed by atoms with E-state index in [2.05, 4.69) is 0 Å². The van der Waals surface area contributed by atoms with Crippen LogP contribution in [0.15, 0.2) is 18.2 Å². The van der Waals surface area contributed by atoms with E-state index >= 15 is 0 Å². The Hall–Kier alpha value is -2.31. The van der Waals surface area contributed by atoms with Crippen molar-refractivity contribution < 1.29 is 23.8 Å². The minimum Gasteiger partial charge on any atom is -0.465 e. The minimum atomic E-state index is -1.33. The fraction of sp³-hybridized carbons (Fsp3) is 0.467. The highest BCUT2D eigenvalue weighted by Crippen LogP contribution is 2.31. The zero-order chi connectivity index (χ0) is 16.9. The highest BCUT2D eigenvalue weighted by molar-refractivity contribution is 5.77. The molecule has 0 heterocycles. The predicted molar refractivity (Wildman–Crippen MR) is 79.8 cm³/mol. The molecular formula is C15H21FN2O4. The second-order valence-electron chi connectivity index (χ2n) is 5.19. The summed E-state index contributed by atoms with van der Waals surface area (Å²) in [6.45, 7) is 4.79. The molecule has 7 heteroatoms. The summed E-state index contributed by atoms with van der Waals surface area (Å²) in [5.74, 6) is -1.51. The molecule has 3 N–H and O–H groups in total. The molecule has 0 spiro atoms. The SMILES string of the molecule is CCOC(=O)CN(C(=O)O)C(c1cc(N)ccc1F)C(C)C. The van der Waals surface area contributed by atoms with Crippen LogP contribution in [0.4, 0.5) is 14.9 Å². The van der Waals surface area contributed by atoms with E-state index in [1.54, 1.807) is 20.8 Å². The Labute approximate surface area is 128 Å². The number of anilines is 1. The number of carbonyl (C=O) groups is 2. The summed E-state index contributed by atoms with van der Waals surface area (Å²) < 4.78 is 18.9. The molecule has 6 nitrogen and oxygen atoms in total. The lowest BCUT2D eigenvalue weighted by Crippen LogP contribution is -2.41. The molecule has 1 rings (SSSR count). The first-order chi connectivity index (χ1) is 10.3. The Bertz CT molecular complexity index is 548. The van der Waals surface area contributed by atoms with Gasteiger partial charge in [-0.2, -0.15) is 0 Å². The van der Waals surface area contributed by atoms with Crippen LogP contribution in [0.2, 0.25) is 0 Å². The molecule has 0 aliphatic rings. The number of amides is 1. The van der Waals surface area contributed by atoms with Gasteiger partial charge in [0.2, 0.25) is 0 Å². The molecule has 0 radical (unpaired) electrons. The maximum absolute atomic E-state index is 14.1. The molecule has 0 bridgehead atoms. The standard InChI is InChI=1S/C15H21FN2O4/c1-4-22-13(19)8-18(15(20)21)14(9(2)3)11-7-10(17)5-6-12(11)16/h5-7,9,14H,4,8,17H2,1-3H3,(H,20,21). The van der Waals surface area contributed by atoms with Crippen LogP contribution in [0, 0.1) is 11.7 Å². The van der Waals surface area contributed by atoms with Gasteiger partial charge in [-0.05, 0) is 31.0 Å². The average molecular weight is 312 g/mol. The van der Waals surface area contributed by atoms with Gasteiger partial charge in [-0.25, -0.2) is 9.18 Å². The molecule has 1 aromatic rings. The van der Waals surface area contributed by atoms with Gasteiger partial charge < -0.3 is 15.6 Å². The first kappa shape index (κ1) is 17.7. The second-order valence-corrected chi connectivity index (χ2v) is 5.19. The highest BCUT2D eigenvalue weighted by Gasteiger charge is 2.31. The average Bonchev–Trinajstić information content (AvgIpc) is 2.41. The van der Waals surface area contributed by atoms with Gasteiger partial charge in [0.25, 0.3) is 0 Å². The Morgan fingerprint density at radius 3 is 2.55 bits per heavy atom. The molecule has 0 aromatic heterocycles. The van der Waals surface area contributed by atoms with E-state index in [1.807, 2.05) is 0 Å². The molecule has 1 atom stereocenters. The fourth-order valence-corrected chi connectivity index (χ4v) is 2.31. The summed E-state index contributed by atoms with van der Waals surface area (Å²) in [6, 6.07) is 3.13. The van der Waals surface area contributed by atoms with Crippen molar-refractivity contribution in [3.63, 3.8) is 0 Å². The van der Waals surface area contributed by atoms with Crippen molar-refractivity contribution in [3.05, 3.63) is 29.6 Å². The topological polar surface area (TPSA) is 92.9 Å². The van der Waals surface area contributed by atoms with E-state index in [0.29, 0.717) is 5.69 Å². The maximum Gasteiger partial charge on any atom is 0.408 e. The molecule has 1 amide bonds. The molecule has 0 fully saturated rings. The van der Waals surface area contributed by atoms with Gasteiger partial charge in [0.15, 0.2) is 0 Å². The molecule has 22 heavy (non-hydrogen) atoms. The summed E-state index contributed by atoms with van der Waals surface area (Å²) in [5.41, 5.74) is 6.13. The third-order valence-corrected chi connectivity index (χ3v) is 3.16. The summed E-state index contributed by atoms with van der Waals surface area (Å²) in [6.07, 6.45) is -1.33. The number of nitrogens with two attached hydrogens (primary N) is 1. The summed E-state index contributed by atoms with van der Waals surface area (Å²) in [7, 11) is 0. The maximum atomic E-state index is 14.1. The van der Waals surface area contributed by atoms with Gasteiger partial charge in [0.05, 0.1) is 12.6 Å². The molecule has 122 valence electrons. The van der Waals surface area contributed by atoms with Gasteiger partial charge >= 0.3 is 12.1 Å². The van der Waals surface area contributed by atoms with Gasteiger partial charge in [0.1, 0.15) is 12.4 Å². The Balaban J connectivity index is 3.22. The first-order valence-corrected chi connectivity index (χ1v) is 6.98. The molecule has 0 aliphatic carbocycles. The van der Waals surface area contributed by atoms with E-state index in [4.69, 9.17) is 10.5 Å². The number of carbonyl (C=O) groups excluding carboxylic acids is 1. The number of hydrogen-bond donors (Lipinski definition) is 2. The second kappa shape index (κ2) is 7.63. The number of carboxylic acid groups (broad SMARTS) is 1. The molecular weight excluding hydrogens is 291 g/mol. The van der Waals surface area contributed by atoms with E-state index in [9.17, 15) is 19.1 Å². The quantitative estimate of drug-likeness (QED) is 0.622. The zero-order valence-corrected chi connectivity index (χ0v) is 12.9. The third kappa shape index (κ3) is 4.34. The van der Waals surface area contributed by atoms with E-state index in [1.165, 1.54) is 18.2 Å². The van der Waals surface area contributed by atoms with Crippen LogP contribution in [0.25, 0.3) is 0 Å². The van der Waals surface area contributed by atoms with Crippen LogP contribution in [-0.2, 0) is 9.53 Å². The molecule has 0 aliphatic heterocycles. The Morgan fingerprint density at radius 2 is 2.05 bits per heavy atom. The van der Waals surface area contributed by atoms with Gasteiger partial charge in [-0.15, -0.1) is 0 Å². The first-order valence-electron chi connectivity index (χ1n) is 6.98. The molecule has 0 saturated carbocycles. The molecule has 1 aromatic carbocycles. The van der Waals surface area contributed by atoms with Crippen molar-refractivity contribution in [2.75, 3.05) is 18.9 Å². The van der Waals surface area contributed by atoms with Gasteiger partial charge in [0, 0.05) is 11.3 Å². The van der Waals surface area contributed by atoms with E-state index in [-0.39, 0.29) is 18.1 Å². The summed E-state index contributed by atoms with van der Waals surface area (Å²) >= 11 is 0. The van der Waals surface area contributed by atoms with Gasteiger partial charge in [-0.1, -0.05) is 13.8 Å². The van der Waals surface area contributed by atoms with Crippen LogP contribution in [0.1, 0.15) is 32.4 Å². The van der Waals surface area contributed by atoms with E-state index in [0.717, 1.165) is 4.90 Å². The summed E-state index contributed by atoms with van der Waals surface area (Å²) in [4.78, 5) is 24.0. The lowest BCUT2D eigenvalue weighted by Gasteiger charge is -2.32. The van der Waals surface area contributed by atoms with Crippen LogP contribution in [0.5, 0.6) is 0 Å². The fourth-order valence-electron chi connectivity index (χ4n) is 2.31. The van der Waals surface area contributed by atoms with Crippen molar-refractivity contribution in [2.45, 2.75) is 26.8 Å². The molecule has 0 saturated heterocycles. The number of hydrogen-bond acceptors (Lipinski definition) is 4. The monoisotopic (exact) mass is 312 g/mol. The number of nitrogen functional groups attached to an aromatic ring is 1. The number of rotatable bonds is 6. The number of halogens is 1. The van der Waals surface area contributed by atoms with Crippen molar-refractivity contribution >= 4 is 17.7 Å². The molecule has 1 unspecified atom stereocenters. The highest BCUT2D eigenvalue weighted by atomic mass is 19.1. The number of ether oxygens (including phenoxy) is 1. The third-order valence-electron chi connectivity index (χ3n) is 3.16. The van der Waals surface area contributed by atoms with E-state index < -0.39 is 30.5 Å². The van der Waals surface area contributed by atoms with Gasteiger partial charge in [-0.3, -0.25) is 9.69 Å². The smallest absolute Gasteiger partial charge is 0.408 e. The lowest BCUT2D eigenvalue weighted by atomic mass is 9.93. The number of esters is 1. The van der Waals surface area contributed by atoms with Crippen molar-refractivity contribution in [1.29, 1.82) is 0 Å². The van der Waals surface area contributed by atoms with Crippen molar-refractivity contribution in [3.8, 4) is 0 Å².